The highest BCUT2D eigenvalue weighted by molar-refractivity contribution is 5.96. The number of hydrogen-bond donors (Lipinski definition) is 2. The Morgan fingerprint density at radius 3 is 2.00 bits per heavy atom. The Bertz CT molecular complexity index is 906. The zero-order valence-electron chi connectivity index (χ0n) is 15.9. The van der Waals surface area contributed by atoms with Crippen LogP contribution in [0.25, 0.3) is 11.1 Å². The fourth-order valence-corrected chi connectivity index (χ4v) is 3.05. The van der Waals surface area contributed by atoms with Crippen LogP contribution in [0.3, 0.4) is 0 Å². The summed E-state index contributed by atoms with van der Waals surface area (Å²) in [5.41, 5.74) is 3.84. The van der Waals surface area contributed by atoms with Crippen LogP contribution in [0.2, 0.25) is 0 Å². The maximum atomic E-state index is 12.3. The molecule has 2 N–H and O–H groups in total. The molecule has 0 aliphatic heterocycles. The molecule has 1 atom stereocenters. The van der Waals surface area contributed by atoms with E-state index in [1.807, 2.05) is 79.7 Å². The molecule has 142 valence electrons. The lowest BCUT2D eigenvalue weighted by atomic mass is 10.0. The molecule has 4 heteroatoms. The molecule has 0 bridgehead atoms. The zero-order chi connectivity index (χ0) is 19.8. The van der Waals surface area contributed by atoms with Gasteiger partial charge in [0.25, 0.3) is 5.91 Å². The van der Waals surface area contributed by atoms with E-state index in [9.17, 15) is 9.59 Å². The van der Waals surface area contributed by atoms with Crippen molar-refractivity contribution >= 4 is 11.8 Å². The third kappa shape index (κ3) is 5.55. The first-order valence-corrected chi connectivity index (χ1v) is 9.39. The average Bonchev–Trinajstić information content (AvgIpc) is 2.73. The van der Waals surface area contributed by atoms with Crippen LogP contribution in [-0.4, -0.2) is 24.4 Å². The van der Waals surface area contributed by atoms with Crippen LogP contribution < -0.4 is 10.6 Å². The second kappa shape index (κ2) is 9.51. The monoisotopic (exact) mass is 372 g/mol. The first-order chi connectivity index (χ1) is 13.6. The molecule has 2 amide bonds. The highest BCUT2D eigenvalue weighted by atomic mass is 16.2. The quantitative estimate of drug-likeness (QED) is 0.662. The van der Waals surface area contributed by atoms with Gasteiger partial charge in [-0.2, -0.15) is 0 Å². The molecule has 0 aliphatic rings. The van der Waals surface area contributed by atoms with E-state index in [0.717, 1.165) is 23.1 Å². The van der Waals surface area contributed by atoms with E-state index in [4.69, 9.17) is 0 Å². The molecule has 28 heavy (non-hydrogen) atoms. The summed E-state index contributed by atoms with van der Waals surface area (Å²) in [6, 6.07) is 27.3. The van der Waals surface area contributed by atoms with Crippen molar-refractivity contribution in [3.05, 3.63) is 96.1 Å². The number of carbonyl (C=O) groups is 2. The first-order valence-electron chi connectivity index (χ1n) is 9.39. The van der Waals surface area contributed by atoms with Gasteiger partial charge in [0.1, 0.15) is 0 Å². The molecule has 0 unspecified atom stereocenters. The lowest BCUT2D eigenvalue weighted by Gasteiger charge is -2.14. The van der Waals surface area contributed by atoms with Crippen molar-refractivity contribution < 1.29 is 9.59 Å². The number of hydrogen-bond acceptors (Lipinski definition) is 2. The predicted octanol–water partition coefficient (Wildman–Crippen LogP) is 3.83. The minimum atomic E-state index is -0.259. The highest BCUT2D eigenvalue weighted by Crippen LogP contribution is 2.19. The van der Waals surface area contributed by atoms with Crippen LogP contribution >= 0.6 is 0 Å². The summed E-state index contributed by atoms with van der Waals surface area (Å²) >= 11 is 0. The minimum Gasteiger partial charge on any atom is -0.352 e. The van der Waals surface area contributed by atoms with Gasteiger partial charge in [-0.3, -0.25) is 9.59 Å². The Morgan fingerprint density at radius 2 is 1.36 bits per heavy atom. The van der Waals surface area contributed by atoms with Crippen molar-refractivity contribution in [2.75, 3.05) is 6.54 Å². The zero-order valence-corrected chi connectivity index (χ0v) is 15.9. The van der Waals surface area contributed by atoms with Gasteiger partial charge in [0, 0.05) is 11.6 Å². The average molecular weight is 372 g/mol. The van der Waals surface area contributed by atoms with Crippen LogP contribution in [0.4, 0.5) is 0 Å². The van der Waals surface area contributed by atoms with Crippen LogP contribution in [-0.2, 0) is 11.2 Å². The van der Waals surface area contributed by atoms with Gasteiger partial charge in [0.2, 0.25) is 5.91 Å². The summed E-state index contributed by atoms with van der Waals surface area (Å²) in [5, 5.41) is 5.59. The second-order valence-electron chi connectivity index (χ2n) is 6.78. The van der Waals surface area contributed by atoms with E-state index in [0.29, 0.717) is 5.56 Å². The largest absolute Gasteiger partial charge is 0.352 e. The van der Waals surface area contributed by atoms with E-state index < -0.39 is 0 Å². The Hall–Kier alpha value is -3.40. The van der Waals surface area contributed by atoms with Gasteiger partial charge in [0.15, 0.2) is 0 Å². The predicted molar refractivity (Wildman–Crippen MR) is 112 cm³/mol. The molecule has 0 aromatic heterocycles. The molecule has 3 aromatic carbocycles. The molecule has 3 aromatic rings. The number of rotatable bonds is 7. The summed E-state index contributed by atoms with van der Waals surface area (Å²) in [7, 11) is 0. The number of nitrogens with one attached hydrogen (secondary N) is 2. The maximum absolute atomic E-state index is 12.3. The van der Waals surface area contributed by atoms with Crippen LogP contribution in [0, 0.1) is 0 Å². The summed E-state index contributed by atoms with van der Waals surface area (Å²) in [4.78, 5) is 24.4. The van der Waals surface area contributed by atoms with Crippen molar-refractivity contribution in [3.63, 3.8) is 0 Å². The SMILES string of the molecule is C[C@H](Cc1ccccc1)NC(=O)CNC(=O)c1ccc(-c2ccccc2)cc1. The molecule has 0 heterocycles. The fourth-order valence-electron chi connectivity index (χ4n) is 3.05. The van der Waals surface area contributed by atoms with Crippen molar-refractivity contribution in [1.29, 1.82) is 0 Å². The van der Waals surface area contributed by atoms with Crippen molar-refractivity contribution in [3.8, 4) is 11.1 Å². The van der Waals surface area contributed by atoms with E-state index in [2.05, 4.69) is 10.6 Å². The number of benzene rings is 3. The molecule has 0 saturated heterocycles. The van der Waals surface area contributed by atoms with Gasteiger partial charge in [-0.1, -0.05) is 72.8 Å². The third-order valence-electron chi connectivity index (χ3n) is 4.46. The fraction of sp³-hybridized carbons (Fsp3) is 0.167. The molecule has 0 spiro atoms. The summed E-state index contributed by atoms with van der Waals surface area (Å²) in [6.07, 6.45) is 0.751. The highest BCUT2D eigenvalue weighted by Gasteiger charge is 2.11. The van der Waals surface area contributed by atoms with E-state index in [-0.39, 0.29) is 24.4 Å². The normalized spacial score (nSPS) is 11.5. The minimum absolute atomic E-state index is 0.00282. The number of carbonyl (C=O) groups excluding carboxylic acids is 2. The van der Waals surface area contributed by atoms with Gasteiger partial charge in [0.05, 0.1) is 6.54 Å². The molecular formula is C24H24N2O2. The van der Waals surface area contributed by atoms with Crippen LogP contribution in [0.15, 0.2) is 84.9 Å². The van der Waals surface area contributed by atoms with Crippen molar-refractivity contribution in [2.24, 2.45) is 0 Å². The summed E-state index contributed by atoms with van der Waals surface area (Å²) in [6.45, 7) is 1.91. The second-order valence-corrected chi connectivity index (χ2v) is 6.78. The topological polar surface area (TPSA) is 58.2 Å². The van der Waals surface area contributed by atoms with E-state index >= 15 is 0 Å². The third-order valence-corrected chi connectivity index (χ3v) is 4.46. The van der Waals surface area contributed by atoms with Gasteiger partial charge in [-0.05, 0) is 42.2 Å². The molecule has 0 aliphatic carbocycles. The van der Waals surface area contributed by atoms with Crippen molar-refractivity contribution in [1.82, 2.24) is 10.6 Å². The Morgan fingerprint density at radius 1 is 0.786 bits per heavy atom. The summed E-state index contributed by atoms with van der Waals surface area (Å²) < 4.78 is 0. The van der Waals surface area contributed by atoms with Gasteiger partial charge in [-0.15, -0.1) is 0 Å². The standard InChI is InChI=1S/C24H24N2O2/c1-18(16-19-8-4-2-5-9-19)26-23(27)17-25-24(28)22-14-12-21(13-15-22)20-10-6-3-7-11-20/h2-15,18H,16-17H2,1H3,(H,25,28)(H,26,27)/t18-/m1/s1. The van der Waals surface area contributed by atoms with E-state index in [1.165, 1.54) is 0 Å². The smallest absolute Gasteiger partial charge is 0.251 e. The maximum Gasteiger partial charge on any atom is 0.251 e. The summed E-state index contributed by atoms with van der Waals surface area (Å²) in [5.74, 6) is -0.455. The molecule has 3 rings (SSSR count). The molecule has 4 nitrogen and oxygen atoms in total. The lowest BCUT2D eigenvalue weighted by molar-refractivity contribution is -0.120. The van der Waals surface area contributed by atoms with Gasteiger partial charge < -0.3 is 10.6 Å². The lowest BCUT2D eigenvalue weighted by Crippen LogP contribution is -2.41. The van der Waals surface area contributed by atoms with Crippen molar-refractivity contribution in [2.45, 2.75) is 19.4 Å². The van der Waals surface area contributed by atoms with Crippen LogP contribution in [0.1, 0.15) is 22.8 Å². The number of amides is 2. The Balaban J connectivity index is 1.47. The Labute approximate surface area is 165 Å². The Kier molecular flexibility index (Phi) is 6.58. The van der Waals surface area contributed by atoms with Gasteiger partial charge >= 0.3 is 0 Å². The first kappa shape index (κ1) is 19.4. The molecular weight excluding hydrogens is 348 g/mol. The van der Waals surface area contributed by atoms with Gasteiger partial charge in [-0.25, -0.2) is 0 Å². The molecule has 0 radical (unpaired) electrons. The van der Waals surface area contributed by atoms with E-state index in [1.54, 1.807) is 12.1 Å². The molecule has 0 saturated carbocycles. The molecule has 0 fully saturated rings. The van der Waals surface area contributed by atoms with Crippen LogP contribution in [0.5, 0.6) is 0 Å².